The van der Waals surface area contributed by atoms with E-state index in [4.69, 9.17) is 9.26 Å². The van der Waals surface area contributed by atoms with Gasteiger partial charge in [-0.15, -0.1) is 0 Å². The summed E-state index contributed by atoms with van der Waals surface area (Å²) < 4.78 is 10.6. The first-order valence-electron chi connectivity index (χ1n) is 7.25. The summed E-state index contributed by atoms with van der Waals surface area (Å²) >= 11 is 0. The zero-order valence-electron chi connectivity index (χ0n) is 11.8. The van der Waals surface area contributed by atoms with Crippen LogP contribution in [0.15, 0.2) is 40.9 Å². The van der Waals surface area contributed by atoms with Gasteiger partial charge < -0.3 is 14.2 Å². The van der Waals surface area contributed by atoms with Gasteiger partial charge in [0.15, 0.2) is 0 Å². The smallest absolute Gasteiger partial charge is 0.292 e. The van der Waals surface area contributed by atoms with Crippen molar-refractivity contribution in [3.05, 3.63) is 47.7 Å². The van der Waals surface area contributed by atoms with Crippen molar-refractivity contribution in [1.29, 1.82) is 0 Å². The number of aromatic nitrogens is 1. The number of benzene rings is 1. The molecule has 0 atom stereocenters. The third-order valence-corrected chi connectivity index (χ3v) is 3.57. The van der Waals surface area contributed by atoms with Gasteiger partial charge in [0.2, 0.25) is 5.76 Å². The van der Waals surface area contributed by atoms with E-state index in [9.17, 15) is 4.79 Å². The number of likely N-dealkylation sites (tertiary alicyclic amines) is 1. The van der Waals surface area contributed by atoms with Crippen molar-refractivity contribution in [2.75, 3.05) is 13.1 Å². The van der Waals surface area contributed by atoms with E-state index in [-0.39, 0.29) is 11.7 Å². The van der Waals surface area contributed by atoms with Gasteiger partial charge in [-0.3, -0.25) is 4.79 Å². The summed E-state index contributed by atoms with van der Waals surface area (Å²) in [5.74, 6) is 0.496. The monoisotopic (exact) mass is 286 g/mol. The number of hydrogen-bond acceptors (Lipinski definition) is 4. The van der Waals surface area contributed by atoms with Crippen molar-refractivity contribution < 1.29 is 14.1 Å². The zero-order valence-corrected chi connectivity index (χ0v) is 11.8. The molecule has 0 saturated carbocycles. The highest BCUT2D eigenvalue weighted by Gasteiger charge is 2.22. The van der Waals surface area contributed by atoms with Crippen LogP contribution < -0.4 is 4.74 Å². The first kappa shape index (κ1) is 13.7. The maximum absolute atomic E-state index is 12.2. The summed E-state index contributed by atoms with van der Waals surface area (Å²) in [6, 6.07) is 11.4. The quantitative estimate of drug-likeness (QED) is 0.867. The Morgan fingerprint density at radius 2 is 1.95 bits per heavy atom. The molecule has 0 unspecified atom stereocenters. The third kappa shape index (κ3) is 3.42. The molecule has 1 aromatic carbocycles. The average Bonchev–Trinajstić information content (AvgIpc) is 3.03. The van der Waals surface area contributed by atoms with Crippen molar-refractivity contribution in [2.24, 2.45) is 0 Å². The predicted octanol–water partition coefficient (Wildman–Crippen LogP) is 2.88. The molecule has 1 fully saturated rings. The number of piperidine rings is 1. The molecule has 5 nitrogen and oxygen atoms in total. The Bertz CT molecular complexity index is 589. The number of rotatable bonds is 4. The topological polar surface area (TPSA) is 55.6 Å². The number of ether oxygens (including phenoxy) is 1. The molecule has 0 spiro atoms. The van der Waals surface area contributed by atoms with Gasteiger partial charge in [-0.2, -0.15) is 0 Å². The first-order chi connectivity index (χ1) is 10.3. The van der Waals surface area contributed by atoms with Crippen LogP contribution in [0.3, 0.4) is 0 Å². The fourth-order valence-electron chi connectivity index (χ4n) is 2.41. The highest BCUT2D eigenvalue weighted by Crippen LogP contribution is 2.17. The summed E-state index contributed by atoms with van der Waals surface area (Å²) in [6.45, 7) is 1.99. The largest absolute Gasteiger partial charge is 0.471 e. The molecule has 0 bridgehead atoms. The maximum Gasteiger partial charge on any atom is 0.292 e. The Morgan fingerprint density at radius 1 is 1.19 bits per heavy atom. The molecule has 1 amide bonds. The van der Waals surface area contributed by atoms with Gasteiger partial charge in [-0.1, -0.05) is 30.3 Å². The summed E-state index contributed by atoms with van der Waals surface area (Å²) in [4.78, 5) is 14.0. The second-order valence-corrected chi connectivity index (χ2v) is 5.16. The Balaban J connectivity index is 1.59. The molecule has 0 aliphatic carbocycles. The SMILES string of the molecule is O=C(c1cc(OCc2ccccc2)no1)N1CCCCC1. The van der Waals surface area contributed by atoms with Crippen LogP contribution in [0.5, 0.6) is 5.88 Å². The van der Waals surface area contributed by atoms with Crippen LogP contribution >= 0.6 is 0 Å². The van der Waals surface area contributed by atoms with E-state index in [0.717, 1.165) is 31.5 Å². The third-order valence-electron chi connectivity index (χ3n) is 3.57. The van der Waals surface area contributed by atoms with Crippen LogP contribution in [0.1, 0.15) is 35.4 Å². The minimum absolute atomic E-state index is 0.100. The molecule has 5 heteroatoms. The lowest BCUT2D eigenvalue weighted by Gasteiger charge is -2.25. The molecule has 2 aromatic rings. The average molecular weight is 286 g/mol. The number of amides is 1. The van der Waals surface area contributed by atoms with E-state index >= 15 is 0 Å². The van der Waals surface area contributed by atoms with Gasteiger partial charge in [-0.05, 0) is 30.0 Å². The van der Waals surface area contributed by atoms with E-state index < -0.39 is 0 Å². The minimum atomic E-state index is -0.100. The molecule has 0 radical (unpaired) electrons. The van der Waals surface area contributed by atoms with E-state index in [1.807, 2.05) is 35.2 Å². The van der Waals surface area contributed by atoms with Crippen molar-refractivity contribution in [2.45, 2.75) is 25.9 Å². The lowest BCUT2D eigenvalue weighted by molar-refractivity contribution is 0.0682. The Hall–Kier alpha value is -2.30. The molecule has 3 rings (SSSR count). The lowest BCUT2D eigenvalue weighted by atomic mass is 10.1. The molecular formula is C16H18N2O3. The second kappa shape index (κ2) is 6.43. The van der Waals surface area contributed by atoms with Crippen LogP contribution in [0.2, 0.25) is 0 Å². The molecule has 1 aromatic heterocycles. The van der Waals surface area contributed by atoms with Gasteiger partial charge >= 0.3 is 0 Å². The van der Waals surface area contributed by atoms with Crippen LogP contribution in [-0.2, 0) is 6.61 Å². The Kier molecular flexibility index (Phi) is 4.19. The standard InChI is InChI=1S/C16H18N2O3/c19-16(18-9-5-2-6-10-18)14-11-15(17-21-14)20-12-13-7-3-1-4-8-13/h1,3-4,7-8,11H,2,5-6,9-10,12H2. The normalized spacial score (nSPS) is 15.0. The molecular weight excluding hydrogens is 268 g/mol. The van der Waals surface area contributed by atoms with E-state index in [0.29, 0.717) is 12.5 Å². The van der Waals surface area contributed by atoms with Crippen LogP contribution in [0, 0.1) is 0 Å². The van der Waals surface area contributed by atoms with Gasteiger partial charge in [0.1, 0.15) is 6.61 Å². The predicted molar refractivity (Wildman–Crippen MR) is 77.0 cm³/mol. The molecule has 1 aliphatic rings. The molecule has 21 heavy (non-hydrogen) atoms. The zero-order chi connectivity index (χ0) is 14.5. The van der Waals surface area contributed by atoms with Crippen LogP contribution in [0.4, 0.5) is 0 Å². The first-order valence-corrected chi connectivity index (χ1v) is 7.25. The lowest BCUT2D eigenvalue weighted by Crippen LogP contribution is -2.35. The van der Waals surface area contributed by atoms with Gasteiger partial charge in [0.25, 0.3) is 11.8 Å². The fourth-order valence-corrected chi connectivity index (χ4v) is 2.41. The van der Waals surface area contributed by atoms with E-state index in [1.54, 1.807) is 6.07 Å². The van der Waals surface area contributed by atoms with Crippen molar-refractivity contribution in [3.63, 3.8) is 0 Å². The second-order valence-electron chi connectivity index (χ2n) is 5.16. The Labute approximate surface area is 123 Å². The van der Waals surface area contributed by atoms with Crippen molar-refractivity contribution in [1.82, 2.24) is 10.1 Å². The molecule has 1 saturated heterocycles. The minimum Gasteiger partial charge on any atom is -0.471 e. The highest BCUT2D eigenvalue weighted by molar-refractivity contribution is 5.91. The van der Waals surface area contributed by atoms with Gasteiger partial charge in [0.05, 0.1) is 6.07 Å². The van der Waals surface area contributed by atoms with E-state index in [2.05, 4.69) is 5.16 Å². The number of nitrogens with zero attached hydrogens (tertiary/aromatic N) is 2. The van der Waals surface area contributed by atoms with Crippen molar-refractivity contribution >= 4 is 5.91 Å². The maximum atomic E-state index is 12.2. The molecule has 0 N–H and O–H groups in total. The Morgan fingerprint density at radius 3 is 2.71 bits per heavy atom. The van der Waals surface area contributed by atoms with Gasteiger partial charge in [-0.25, -0.2) is 0 Å². The highest BCUT2D eigenvalue weighted by atomic mass is 16.5. The summed E-state index contributed by atoms with van der Waals surface area (Å²) in [6.07, 6.45) is 3.29. The number of carbonyl (C=O) groups is 1. The summed E-state index contributed by atoms with van der Waals surface area (Å²) in [5.41, 5.74) is 1.05. The van der Waals surface area contributed by atoms with Crippen LogP contribution in [0.25, 0.3) is 0 Å². The van der Waals surface area contributed by atoms with Crippen LogP contribution in [-0.4, -0.2) is 29.1 Å². The summed E-state index contributed by atoms with van der Waals surface area (Å²) in [5, 5.41) is 3.80. The van der Waals surface area contributed by atoms with E-state index in [1.165, 1.54) is 6.42 Å². The fraction of sp³-hybridized carbons (Fsp3) is 0.375. The number of carbonyl (C=O) groups excluding carboxylic acids is 1. The van der Waals surface area contributed by atoms with Gasteiger partial charge in [0, 0.05) is 13.1 Å². The number of hydrogen-bond donors (Lipinski definition) is 0. The summed E-state index contributed by atoms with van der Waals surface area (Å²) in [7, 11) is 0. The molecule has 2 heterocycles. The molecule has 1 aliphatic heterocycles. The molecule has 110 valence electrons. The van der Waals surface area contributed by atoms with Crippen molar-refractivity contribution in [3.8, 4) is 5.88 Å².